The van der Waals surface area contributed by atoms with Gasteiger partial charge in [0.15, 0.2) is 9.96 Å². The van der Waals surface area contributed by atoms with Crippen LogP contribution in [0.1, 0.15) is 42.4 Å². The van der Waals surface area contributed by atoms with Gasteiger partial charge in [-0.25, -0.2) is 19.8 Å². The molecule has 0 aliphatic carbocycles. The SMILES string of the molecule is CCOC(=O)C1=C(C)N=c2s/c(=C/c3ccc(Sc4nc(C)cc(C)n4)c([N+](=O)[O-])c3)c(=O)n2[C@@H]1c1ccc(N(C)C)cc1. The van der Waals surface area contributed by atoms with Crippen LogP contribution in [0.3, 0.4) is 0 Å². The van der Waals surface area contributed by atoms with Gasteiger partial charge in [-0.15, -0.1) is 0 Å². The molecule has 0 radical (unpaired) electrons. The first kappa shape index (κ1) is 30.8. The number of nitrogens with zero attached hydrogens (tertiary/aromatic N) is 6. The molecule has 2 aromatic heterocycles. The van der Waals surface area contributed by atoms with Crippen molar-refractivity contribution >= 4 is 46.5 Å². The Balaban J connectivity index is 1.61. The summed E-state index contributed by atoms with van der Waals surface area (Å²) in [6, 6.07) is 13.5. The highest BCUT2D eigenvalue weighted by atomic mass is 32.2. The molecule has 4 aromatic rings. The van der Waals surface area contributed by atoms with E-state index in [2.05, 4.69) is 15.0 Å². The molecule has 1 aliphatic heterocycles. The van der Waals surface area contributed by atoms with Gasteiger partial charge in [0.25, 0.3) is 11.2 Å². The largest absolute Gasteiger partial charge is 0.463 e. The van der Waals surface area contributed by atoms with Gasteiger partial charge in [-0.2, -0.15) is 0 Å². The van der Waals surface area contributed by atoms with Gasteiger partial charge >= 0.3 is 5.97 Å². The summed E-state index contributed by atoms with van der Waals surface area (Å²) in [6.07, 6.45) is 1.61. The number of esters is 1. The molecule has 0 unspecified atom stereocenters. The first-order valence-electron chi connectivity index (χ1n) is 13.7. The van der Waals surface area contributed by atoms with Crippen molar-refractivity contribution in [2.75, 3.05) is 25.6 Å². The van der Waals surface area contributed by atoms with E-state index in [-0.39, 0.29) is 23.4 Å². The molecular weight excluding hydrogens is 601 g/mol. The van der Waals surface area contributed by atoms with Crippen LogP contribution in [-0.2, 0) is 9.53 Å². The van der Waals surface area contributed by atoms with Crippen LogP contribution in [-0.4, -0.2) is 46.1 Å². The Morgan fingerprint density at radius 2 is 1.80 bits per heavy atom. The van der Waals surface area contributed by atoms with Crippen LogP contribution in [0.5, 0.6) is 0 Å². The molecular formula is C31H30N6O5S2. The average molecular weight is 631 g/mol. The Bertz CT molecular complexity index is 1980. The first-order chi connectivity index (χ1) is 21.0. The molecule has 1 aliphatic rings. The van der Waals surface area contributed by atoms with Gasteiger partial charge in [0.2, 0.25) is 0 Å². The van der Waals surface area contributed by atoms with Gasteiger partial charge in [0.05, 0.1) is 38.3 Å². The van der Waals surface area contributed by atoms with Crippen LogP contribution < -0.4 is 19.8 Å². The van der Waals surface area contributed by atoms with Crippen LogP contribution >= 0.6 is 23.1 Å². The van der Waals surface area contributed by atoms with Crippen molar-refractivity contribution in [3.63, 3.8) is 0 Å². The Hall–Kier alpha value is -4.62. The normalized spacial score (nSPS) is 14.7. The molecule has 0 saturated heterocycles. The number of allylic oxidation sites excluding steroid dienone is 1. The van der Waals surface area contributed by atoms with Crippen molar-refractivity contribution in [1.29, 1.82) is 0 Å². The lowest BCUT2D eigenvalue weighted by molar-refractivity contribution is -0.387. The fraction of sp³-hybridized carbons (Fsp3) is 0.258. The number of thiazole rings is 1. The van der Waals surface area contributed by atoms with Crippen LogP contribution in [0.2, 0.25) is 0 Å². The number of carbonyl (C=O) groups excluding carboxylic acids is 1. The molecule has 44 heavy (non-hydrogen) atoms. The zero-order valence-corrected chi connectivity index (χ0v) is 26.7. The van der Waals surface area contributed by atoms with Crippen molar-refractivity contribution < 1.29 is 14.5 Å². The third-order valence-electron chi connectivity index (χ3n) is 6.88. The van der Waals surface area contributed by atoms with E-state index in [9.17, 15) is 19.7 Å². The van der Waals surface area contributed by atoms with E-state index in [1.54, 1.807) is 32.1 Å². The number of rotatable bonds is 8. The van der Waals surface area contributed by atoms with Gasteiger partial charge in [-0.1, -0.05) is 29.5 Å². The number of hydrogen-bond donors (Lipinski definition) is 0. The third kappa shape index (κ3) is 6.19. The number of nitro groups is 1. The van der Waals surface area contributed by atoms with Crippen molar-refractivity contribution in [1.82, 2.24) is 14.5 Å². The number of hydrogen-bond acceptors (Lipinski definition) is 11. The van der Waals surface area contributed by atoms with Gasteiger partial charge in [0, 0.05) is 37.2 Å². The van der Waals surface area contributed by atoms with Gasteiger partial charge in [0.1, 0.15) is 0 Å². The Labute approximate surface area is 261 Å². The van der Waals surface area contributed by atoms with E-state index in [1.165, 1.54) is 10.6 Å². The molecule has 0 bridgehead atoms. The quantitative estimate of drug-likeness (QED) is 0.121. The highest BCUT2D eigenvalue weighted by Gasteiger charge is 2.33. The standard InChI is InChI=1S/C31H30N6O5S2/c1-7-42-29(39)26-19(4)34-31-36(27(26)21-9-11-22(12-10-21)35(5)6)28(38)25(44-31)16-20-8-13-24(23(15-20)37(40)41)43-30-32-17(2)14-18(3)33-30/h8-16,27H,7H2,1-6H3/b25-16+/t27-/m1/s1. The maximum atomic E-state index is 13.9. The number of benzene rings is 2. The summed E-state index contributed by atoms with van der Waals surface area (Å²) in [5.41, 5.74) is 3.95. The van der Waals surface area contributed by atoms with E-state index < -0.39 is 16.9 Å². The predicted molar refractivity (Wildman–Crippen MR) is 170 cm³/mol. The topological polar surface area (TPSA) is 133 Å². The number of aryl methyl sites for hydroxylation is 2. The lowest BCUT2D eigenvalue weighted by Gasteiger charge is -2.25. The number of ether oxygens (including phenoxy) is 1. The van der Waals surface area contributed by atoms with E-state index in [0.29, 0.717) is 30.6 Å². The number of nitro benzene ring substituents is 1. The summed E-state index contributed by atoms with van der Waals surface area (Å²) in [4.78, 5) is 54.8. The molecule has 5 rings (SSSR count). The summed E-state index contributed by atoms with van der Waals surface area (Å²) >= 11 is 2.27. The van der Waals surface area contributed by atoms with E-state index in [4.69, 9.17) is 4.74 Å². The Kier molecular flexibility index (Phi) is 8.79. The minimum atomic E-state index is -0.755. The fourth-order valence-corrected chi connectivity index (χ4v) is 6.90. The van der Waals surface area contributed by atoms with E-state index >= 15 is 0 Å². The van der Waals surface area contributed by atoms with Crippen molar-refractivity contribution in [2.24, 2.45) is 4.99 Å². The van der Waals surface area contributed by atoms with Crippen LogP contribution in [0.25, 0.3) is 6.08 Å². The Morgan fingerprint density at radius 3 is 2.41 bits per heavy atom. The molecule has 11 nitrogen and oxygen atoms in total. The molecule has 226 valence electrons. The smallest absolute Gasteiger partial charge is 0.338 e. The predicted octanol–water partition coefficient (Wildman–Crippen LogP) is 4.33. The molecule has 13 heteroatoms. The lowest BCUT2D eigenvalue weighted by Crippen LogP contribution is -2.39. The zero-order chi connectivity index (χ0) is 31.7. The maximum Gasteiger partial charge on any atom is 0.338 e. The highest BCUT2D eigenvalue weighted by molar-refractivity contribution is 7.99. The first-order valence-corrected chi connectivity index (χ1v) is 15.4. The van der Waals surface area contributed by atoms with Gasteiger partial charge < -0.3 is 9.64 Å². The van der Waals surface area contributed by atoms with Crippen molar-refractivity contribution in [3.8, 4) is 0 Å². The molecule has 0 fully saturated rings. The summed E-state index contributed by atoms with van der Waals surface area (Å²) < 4.78 is 7.19. The fourth-order valence-electron chi connectivity index (χ4n) is 4.90. The molecule has 0 amide bonds. The van der Waals surface area contributed by atoms with Crippen molar-refractivity contribution in [3.05, 3.63) is 112 Å². The van der Waals surface area contributed by atoms with E-state index in [1.807, 2.05) is 63.2 Å². The number of aromatic nitrogens is 3. The van der Waals surface area contributed by atoms with E-state index in [0.717, 1.165) is 45.7 Å². The third-order valence-corrected chi connectivity index (χ3v) is 8.80. The van der Waals surface area contributed by atoms with Crippen LogP contribution in [0.4, 0.5) is 11.4 Å². The highest BCUT2D eigenvalue weighted by Crippen LogP contribution is 2.34. The summed E-state index contributed by atoms with van der Waals surface area (Å²) in [5, 5.41) is 12.5. The molecule has 1 atom stereocenters. The molecule has 3 heterocycles. The number of carbonyl (C=O) groups is 1. The van der Waals surface area contributed by atoms with Gasteiger partial charge in [-0.05, 0) is 80.9 Å². The maximum absolute atomic E-state index is 13.9. The number of anilines is 1. The molecule has 0 spiro atoms. The number of fused-ring (bicyclic) bond motifs is 1. The monoisotopic (exact) mass is 630 g/mol. The van der Waals surface area contributed by atoms with Gasteiger partial charge in [-0.3, -0.25) is 19.5 Å². The zero-order valence-electron chi connectivity index (χ0n) is 25.0. The molecule has 2 aromatic carbocycles. The van der Waals surface area contributed by atoms with Crippen molar-refractivity contribution in [2.45, 2.75) is 43.8 Å². The summed E-state index contributed by atoms with van der Waals surface area (Å²) in [7, 11) is 3.86. The lowest BCUT2D eigenvalue weighted by atomic mass is 9.95. The minimum Gasteiger partial charge on any atom is -0.463 e. The second-order valence-corrected chi connectivity index (χ2v) is 12.3. The van der Waals surface area contributed by atoms with Crippen LogP contribution in [0.15, 0.2) is 79.6 Å². The van der Waals surface area contributed by atoms with Crippen LogP contribution in [0, 0.1) is 24.0 Å². The average Bonchev–Trinajstić information content (AvgIpc) is 3.26. The minimum absolute atomic E-state index is 0.126. The summed E-state index contributed by atoms with van der Waals surface area (Å²) in [6.45, 7) is 7.31. The molecule has 0 saturated carbocycles. The summed E-state index contributed by atoms with van der Waals surface area (Å²) in [5.74, 6) is -0.541. The Morgan fingerprint density at radius 1 is 1.11 bits per heavy atom. The second kappa shape index (κ2) is 12.5. The second-order valence-electron chi connectivity index (χ2n) is 10.3. The molecule has 0 N–H and O–H groups in total.